The lowest BCUT2D eigenvalue weighted by Crippen LogP contribution is -2.28. The second-order valence-corrected chi connectivity index (χ2v) is 4.00. The smallest absolute Gasteiger partial charge is 0.273 e. The predicted molar refractivity (Wildman–Crippen MR) is 63.1 cm³/mol. The third-order valence-electron chi connectivity index (χ3n) is 2.47. The van der Waals surface area contributed by atoms with Crippen molar-refractivity contribution in [1.29, 1.82) is 0 Å². The first-order valence-corrected chi connectivity index (χ1v) is 5.58. The average Bonchev–Trinajstić information content (AvgIpc) is 2.70. The first-order chi connectivity index (χ1) is 7.65. The minimum absolute atomic E-state index is 0.0200. The van der Waals surface area contributed by atoms with Crippen LogP contribution < -0.4 is 5.73 Å². The molecule has 0 aliphatic rings. The first kappa shape index (κ1) is 12.7. The van der Waals surface area contributed by atoms with E-state index in [1.54, 1.807) is 29.0 Å². The van der Waals surface area contributed by atoms with Gasteiger partial charge in [0.15, 0.2) is 0 Å². The van der Waals surface area contributed by atoms with Crippen LogP contribution in [0.1, 0.15) is 29.8 Å². The summed E-state index contributed by atoms with van der Waals surface area (Å²) in [4.78, 5) is 17.6. The number of amides is 1. The zero-order valence-corrected chi connectivity index (χ0v) is 10.0. The van der Waals surface area contributed by atoms with Crippen molar-refractivity contribution >= 4 is 5.91 Å². The van der Waals surface area contributed by atoms with Crippen LogP contribution in [-0.4, -0.2) is 40.5 Å². The van der Waals surface area contributed by atoms with E-state index in [1.165, 1.54) is 0 Å². The van der Waals surface area contributed by atoms with Crippen molar-refractivity contribution in [2.24, 2.45) is 12.8 Å². The summed E-state index contributed by atoms with van der Waals surface area (Å²) in [6.07, 6.45) is 6.45. The number of aromatic nitrogens is 2. The quantitative estimate of drug-likeness (QED) is 0.720. The minimum atomic E-state index is -0.0200. The largest absolute Gasteiger partial charge is 0.340 e. The maximum atomic E-state index is 11.8. The molecule has 0 radical (unpaired) electrons. The van der Waals surface area contributed by atoms with Crippen molar-refractivity contribution < 1.29 is 4.79 Å². The summed E-state index contributed by atoms with van der Waals surface area (Å²) >= 11 is 0. The number of hydrogen-bond acceptors (Lipinski definition) is 3. The average molecular weight is 224 g/mol. The highest BCUT2D eigenvalue weighted by Crippen LogP contribution is 2.02. The molecule has 16 heavy (non-hydrogen) atoms. The minimum Gasteiger partial charge on any atom is -0.340 e. The second-order valence-electron chi connectivity index (χ2n) is 4.00. The molecule has 0 spiro atoms. The van der Waals surface area contributed by atoms with Gasteiger partial charge >= 0.3 is 0 Å². The van der Waals surface area contributed by atoms with Crippen molar-refractivity contribution in [2.75, 3.05) is 20.1 Å². The Labute approximate surface area is 96.3 Å². The van der Waals surface area contributed by atoms with Gasteiger partial charge in [-0.3, -0.25) is 4.79 Å². The number of aryl methyl sites for hydroxylation is 1. The lowest BCUT2D eigenvalue weighted by Gasteiger charge is -2.15. The van der Waals surface area contributed by atoms with E-state index in [0.29, 0.717) is 5.69 Å². The van der Waals surface area contributed by atoms with E-state index in [-0.39, 0.29) is 5.91 Å². The highest BCUT2D eigenvalue weighted by atomic mass is 16.2. The second kappa shape index (κ2) is 6.27. The highest BCUT2D eigenvalue weighted by molar-refractivity contribution is 5.91. The number of carbonyl (C=O) groups excluding carboxylic acids is 1. The van der Waals surface area contributed by atoms with Crippen LogP contribution in [-0.2, 0) is 7.05 Å². The Morgan fingerprint density at radius 2 is 2.25 bits per heavy atom. The van der Waals surface area contributed by atoms with Crippen LogP contribution in [0.15, 0.2) is 12.5 Å². The van der Waals surface area contributed by atoms with Gasteiger partial charge in [0.2, 0.25) is 0 Å². The molecule has 0 atom stereocenters. The molecule has 5 nitrogen and oxygen atoms in total. The van der Waals surface area contributed by atoms with Gasteiger partial charge in [-0.25, -0.2) is 4.98 Å². The highest BCUT2D eigenvalue weighted by Gasteiger charge is 2.13. The van der Waals surface area contributed by atoms with Gasteiger partial charge < -0.3 is 15.2 Å². The number of hydrogen-bond donors (Lipinski definition) is 1. The molecule has 5 heteroatoms. The molecular weight excluding hydrogens is 204 g/mol. The van der Waals surface area contributed by atoms with Crippen LogP contribution in [0.3, 0.4) is 0 Å². The van der Waals surface area contributed by atoms with Crippen molar-refractivity contribution in [3.63, 3.8) is 0 Å². The fourth-order valence-electron chi connectivity index (χ4n) is 1.49. The lowest BCUT2D eigenvalue weighted by molar-refractivity contribution is 0.0787. The SMILES string of the molecule is CN(CCCCCN)C(=O)c1cn(C)cn1. The van der Waals surface area contributed by atoms with Gasteiger partial charge in [-0.1, -0.05) is 6.42 Å². The van der Waals surface area contributed by atoms with Crippen LogP contribution in [0.2, 0.25) is 0 Å². The Morgan fingerprint density at radius 3 is 2.81 bits per heavy atom. The molecule has 0 saturated heterocycles. The van der Waals surface area contributed by atoms with E-state index in [0.717, 1.165) is 32.4 Å². The Bertz CT molecular complexity index is 334. The summed E-state index contributed by atoms with van der Waals surface area (Å²) in [5.74, 6) is -0.0200. The Morgan fingerprint density at radius 1 is 1.50 bits per heavy atom. The molecule has 0 aliphatic heterocycles. The molecule has 1 aromatic heterocycles. The Hall–Kier alpha value is -1.36. The molecule has 0 bridgehead atoms. The number of nitrogens with two attached hydrogens (primary N) is 1. The van der Waals surface area contributed by atoms with Crippen LogP contribution in [0.4, 0.5) is 0 Å². The van der Waals surface area contributed by atoms with Crippen molar-refractivity contribution in [3.8, 4) is 0 Å². The maximum absolute atomic E-state index is 11.8. The summed E-state index contributed by atoms with van der Waals surface area (Å²) in [5, 5.41) is 0. The van der Waals surface area contributed by atoms with Crippen molar-refractivity contribution in [3.05, 3.63) is 18.2 Å². The zero-order chi connectivity index (χ0) is 12.0. The van der Waals surface area contributed by atoms with Crippen molar-refractivity contribution in [2.45, 2.75) is 19.3 Å². The molecule has 0 aromatic carbocycles. The molecule has 0 fully saturated rings. The number of imidazole rings is 1. The van der Waals surface area contributed by atoms with Gasteiger partial charge in [-0.05, 0) is 19.4 Å². The molecule has 0 unspecified atom stereocenters. The van der Waals surface area contributed by atoms with E-state index in [4.69, 9.17) is 5.73 Å². The van der Waals surface area contributed by atoms with E-state index in [2.05, 4.69) is 4.98 Å². The van der Waals surface area contributed by atoms with Gasteiger partial charge in [0.25, 0.3) is 5.91 Å². The molecule has 90 valence electrons. The molecule has 1 heterocycles. The molecule has 1 amide bonds. The number of rotatable bonds is 6. The number of unbranched alkanes of at least 4 members (excludes halogenated alkanes) is 2. The molecular formula is C11H20N4O. The molecule has 2 N–H and O–H groups in total. The fraction of sp³-hybridized carbons (Fsp3) is 0.636. The third kappa shape index (κ3) is 3.66. The number of carbonyl (C=O) groups is 1. The first-order valence-electron chi connectivity index (χ1n) is 5.58. The van der Waals surface area contributed by atoms with Gasteiger partial charge in [0, 0.05) is 26.8 Å². The van der Waals surface area contributed by atoms with Crippen LogP contribution >= 0.6 is 0 Å². The lowest BCUT2D eigenvalue weighted by atomic mass is 10.2. The van der Waals surface area contributed by atoms with Crippen LogP contribution in [0.5, 0.6) is 0 Å². The van der Waals surface area contributed by atoms with E-state index >= 15 is 0 Å². The summed E-state index contributed by atoms with van der Waals surface area (Å²) < 4.78 is 1.77. The fourth-order valence-corrected chi connectivity index (χ4v) is 1.49. The van der Waals surface area contributed by atoms with Gasteiger partial charge in [-0.15, -0.1) is 0 Å². The normalized spacial score (nSPS) is 10.4. The zero-order valence-electron chi connectivity index (χ0n) is 10.0. The Kier molecular flexibility index (Phi) is 4.98. The van der Waals surface area contributed by atoms with E-state index in [1.807, 2.05) is 7.05 Å². The summed E-state index contributed by atoms with van der Waals surface area (Å²) in [6, 6.07) is 0. The van der Waals surface area contributed by atoms with E-state index in [9.17, 15) is 4.79 Å². The molecule has 0 saturated carbocycles. The van der Waals surface area contributed by atoms with E-state index < -0.39 is 0 Å². The number of nitrogens with zero attached hydrogens (tertiary/aromatic N) is 3. The monoisotopic (exact) mass is 224 g/mol. The molecule has 0 aliphatic carbocycles. The summed E-state index contributed by atoms with van der Waals surface area (Å²) in [7, 11) is 3.66. The Balaban J connectivity index is 2.36. The molecule has 1 aromatic rings. The van der Waals surface area contributed by atoms with Gasteiger partial charge in [-0.2, -0.15) is 0 Å². The topological polar surface area (TPSA) is 64.2 Å². The van der Waals surface area contributed by atoms with Gasteiger partial charge in [0.1, 0.15) is 5.69 Å². The van der Waals surface area contributed by atoms with Gasteiger partial charge in [0.05, 0.1) is 6.33 Å². The molecule has 1 rings (SSSR count). The van der Waals surface area contributed by atoms with Crippen LogP contribution in [0.25, 0.3) is 0 Å². The van der Waals surface area contributed by atoms with Crippen LogP contribution in [0, 0.1) is 0 Å². The maximum Gasteiger partial charge on any atom is 0.273 e. The van der Waals surface area contributed by atoms with Crippen molar-refractivity contribution in [1.82, 2.24) is 14.5 Å². The third-order valence-corrected chi connectivity index (χ3v) is 2.47. The summed E-state index contributed by atoms with van der Waals surface area (Å²) in [6.45, 7) is 1.48. The standard InChI is InChI=1S/C11H20N4O/c1-14-8-10(13-9-14)11(16)15(2)7-5-3-4-6-12/h8-9H,3-7,12H2,1-2H3. The predicted octanol–water partition coefficient (Wildman–Crippen LogP) is 0.621. The summed E-state index contributed by atoms with van der Waals surface area (Å²) in [5.41, 5.74) is 5.91.